The third-order valence-electron chi connectivity index (χ3n) is 3.75. The zero-order valence-corrected chi connectivity index (χ0v) is 14.4. The Morgan fingerprint density at radius 3 is 3.00 bits per heavy atom. The lowest BCUT2D eigenvalue weighted by Crippen LogP contribution is -2.51. The Morgan fingerprint density at radius 1 is 1.36 bits per heavy atom. The molecule has 1 N–H and O–H groups in total. The smallest absolute Gasteiger partial charge is 0.230 e. The Balaban J connectivity index is 1.54. The first-order chi connectivity index (χ1) is 12.2. The van der Waals surface area contributed by atoms with E-state index < -0.39 is 0 Å². The minimum absolute atomic E-state index is 0.0680. The van der Waals surface area contributed by atoms with Crippen molar-refractivity contribution in [1.29, 1.82) is 0 Å². The molecule has 2 unspecified atom stereocenters. The SMILES string of the molecule is O=C(CSc1ccncc1)NC1CCOCC1Oc1cccc(F)c1. The fraction of sp³-hybridized carbons (Fsp3) is 0.333. The Kier molecular flexibility index (Phi) is 6.25. The maximum atomic E-state index is 13.3. The summed E-state index contributed by atoms with van der Waals surface area (Å²) in [6.45, 7) is 0.921. The molecule has 0 saturated carbocycles. The van der Waals surface area contributed by atoms with Crippen molar-refractivity contribution in [1.82, 2.24) is 10.3 Å². The molecule has 2 aromatic rings. The second kappa shape index (κ2) is 8.82. The van der Waals surface area contributed by atoms with Crippen LogP contribution in [0.1, 0.15) is 6.42 Å². The van der Waals surface area contributed by atoms with E-state index in [0.717, 1.165) is 4.90 Å². The van der Waals surface area contributed by atoms with Crippen LogP contribution in [0, 0.1) is 5.82 Å². The van der Waals surface area contributed by atoms with Crippen LogP contribution >= 0.6 is 11.8 Å². The lowest BCUT2D eigenvalue weighted by atomic mass is 10.1. The summed E-state index contributed by atoms with van der Waals surface area (Å²) in [5.74, 6) is 0.319. The zero-order chi connectivity index (χ0) is 17.5. The number of hydrogen-bond acceptors (Lipinski definition) is 5. The number of carbonyl (C=O) groups is 1. The van der Waals surface area contributed by atoms with E-state index >= 15 is 0 Å². The molecule has 0 bridgehead atoms. The van der Waals surface area contributed by atoms with Crippen molar-refractivity contribution in [3.63, 3.8) is 0 Å². The summed E-state index contributed by atoms with van der Waals surface area (Å²) in [7, 11) is 0. The molecule has 1 fully saturated rings. The topological polar surface area (TPSA) is 60.5 Å². The fourth-order valence-corrected chi connectivity index (χ4v) is 3.24. The number of aromatic nitrogens is 1. The Labute approximate surface area is 149 Å². The lowest BCUT2D eigenvalue weighted by Gasteiger charge is -2.32. The van der Waals surface area contributed by atoms with Crippen molar-refractivity contribution in [2.45, 2.75) is 23.5 Å². The van der Waals surface area contributed by atoms with Crippen molar-refractivity contribution in [3.05, 3.63) is 54.6 Å². The van der Waals surface area contributed by atoms with Crippen LogP contribution in [0.15, 0.2) is 53.7 Å². The second-order valence-corrected chi connectivity index (χ2v) is 6.67. The number of thioether (sulfide) groups is 1. The van der Waals surface area contributed by atoms with Gasteiger partial charge in [-0.1, -0.05) is 6.07 Å². The third-order valence-corrected chi connectivity index (χ3v) is 4.77. The summed E-state index contributed by atoms with van der Waals surface area (Å²) in [5, 5.41) is 3.00. The number of ether oxygens (including phenoxy) is 2. The highest BCUT2D eigenvalue weighted by molar-refractivity contribution is 8.00. The quantitative estimate of drug-likeness (QED) is 0.801. The van der Waals surface area contributed by atoms with Gasteiger partial charge in [0.05, 0.1) is 18.4 Å². The molecule has 0 aliphatic carbocycles. The van der Waals surface area contributed by atoms with Gasteiger partial charge < -0.3 is 14.8 Å². The number of nitrogens with zero attached hydrogens (tertiary/aromatic N) is 1. The maximum absolute atomic E-state index is 13.3. The molecule has 2 heterocycles. The molecule has 1 aromatic carbocycles. The van der Waals surface area contributed by atoms with E-state index in [1.807, 2.05) is 12.1 Å². The molecule has 5 nitrogen and oxygen atoms in total. The summed E-state index contributed by atoms with van der Waals surface area (Å²) < 4.78 is 24.6. The fourth-order valence-electron chi connectivity index (χ4n) is 2.54. The highest BCUT2D eigenvalue weighted by Crippen LogP contribution is 2.20. The molecule has 3 rings (SSSR count). The van der Waals surface area contributed by atoms with Crippen molar-refractivity contribution >= 4 is 17.7 Å². The van der Waals surface area contributed by atoms with Gasteiger partial charge >= 0.3 is 0 Å². The van der Waals surface area contributed by atoms with Gasteiger partial charge in [-0.15, -0.1) is 11.8 Å². The third kappa shape index (κ3) is 5.44. The minimum Gasteiger partial charge on any atom is -0.486 e. The van der Waals surface area contributed by atoms with E-state index in [1.54, 1.807) is 24.5 Å². The van der Waals surface area contributed by atoms with Crippen LogP contribution < -0.4 is 10.1 Å². The molecular weight excluding hydrogens is 343 g/mol. The van der Waals surface area contributed by atoms with Gasteiger partial charge in [-0.2, -0.15) is 0 Å². The standard InChI is InChI=1S/C18H19FN2O3S/c19-13-2-1-3-14(10-13)24-17-11-23-9-6-16(17)21-18(22)12-25-15-4-7-20-8-5-15/h1-5,7-8,10,16-17H,6,9,11-12H2,(H,21,22). The highest BCUT2D eigenvalue weighted by atomic mass is 32.2. The number of hydrogen-bond donors (Lipinski definition) is 1. The first kappa shape index (κ1) is 17.7. The molecule has 1 saturated heterocycles. The predicted molar refractivity (Wildman–Crippen MR) is 93.1 cm³/mol. The molecule has 7 heteroatoms. The van der Waals surface area contributed by atoms with Crippen LogP contribution in [-0.4, -0.2) is 42.0 Å². The van der Waals surface area contributed by atoms with Crippen molar-refractivity contribution in [2.75, 3.05) is 19.0 Å². The van der Waals surface area contributed by atoms with Crippen molar-refractivity contribution in [3.8, 4) is 5.75 Å². The monoisotopic (exact) mass is 362 g/mol. The molecule has 0 spiro atoms. The van der Waals surface area contributed by atoms with Gasteiger partial charge in [0, 0.05) is 30.0 Å². The number of carbonyl (C=O) groups excluding carboxylic acids is 1. The van der Waals surface area contributed by atoms with Gasteiger partial charge in [-0.25, -0.2) is 4.39 Å². The second-order valence-electron chi connectivity index (χ2n) is 5.62. The summed E-state index contributed by atoms with van der Waals surface area (Å²) in [6, 6.07) is 9.53. The number of halogens is 1. The van der Waals surface area contributed by atoms with Crippen LogP contribution in [-0.2, 0) is 9.53 Å². The summed E-state index contributed by atoms with van der Waals surface area (Å²) in [5.41, 5.74) is 0. The maximum Gasteiger partial charge on any atom is 0.230 e. The van der Waals surface area contributed by atoms with E-state index in [4.69, 9.17) is 9.47 Å². The Hall–Kier alpha value is -2.12. The average molecular weight is 362 g/mol. The normalized spacial score (nSPS) is 20.0. The van der Waals surface area contributed by atoms with E-state index in [-0.39, 0.29) is 23.9 Å². The van der Waals surface area contributed by atoms with Gasteiger partial charge in [-0.05, 0) is 30.7 Å². The van der Waals surface area contributed by atoms with Gasteiger partial charge in [0.1, 0.15) is 17.7 Å². The van der Waals surface area contributed by atoms with Crippen LogP contribution in [0.2, 0.25) is 0 Å². The van der Waals surface area contributed by atoms with E-state index in [0.29, 0.717) is 31.1 Å². The number of amides is 1. The van der Waals surface area contributed by atoms with Crippen LogP contribution in [0.3, 0.4) is 0 Å². The zero-order valence-electron chi connectivity index (χ0n) is 13.6. The van der Waals surface area contributed by atoms with Gasteiger partial charge in [0.15, 0.2) is 0 Å². The lowest BCUT2D eigenvalue weighted by molar-refractivity contribution is -0.121. The van der Waals surface area contributed by atoms with E-state index in [9.17, 15) is 9.18 Å². The molecule has 1 aliphatic heterocycles. The minimum atomic E-state index is -0.358. The number of benzene rings is 1. The van der Waals surface area contributed by atoms with Crippen LogP contribution in [0.4, 0.5) is 4.39 Å². The predicted octanol–water partition coefficient (Wildman–Crippen LogP) is 2.67. The average Bonchev–Trinajstić information content (AvgIpc) is 2.63. The van der Waals surface area contributed by atoms with Gasteiger partial charge in [0.2, 0.25) is 5.91 Å². The summed E-state index contributed by atoms with van der Waals surface area (Å²) >= 11 is 1.45. The first-order valence-corrected chi connectivity index (χ1v) is 9.01. The van der Waals surface area contributed by atoms with Crippen molar-refractivity contribution < 1.29 is 18.7 Å². The van der Waals surface area contributed by atoms with Crippen LogP contribution in [0.25, 0.3) is 0 Å². The molecule has 2 atom stereocenters. The number of pyridine rings is 1. The molecular formula is C18H19FN2O3S. The molecule has 25 heavy (non-hydrogen) atoms. The highest BCUT2D eigenvalue weighted by Gasteiger charge is 2.29. The largest absolute Gasteiger partial charge is 0.486 e. The van der Waals surface area contributed by atoms with Crippen LogP contribution in [0.5, 0.6) is 5.75 Å². The molecule has 1 aliphatic rings. The molecule has 1 aromatic heterocycles. The number of nitrogens with one attached hydrogen (secondary N) is 1. The summed E-state index contributed by atoms with van der Waals surface area (Å²) in [4.78, 5) is 17.2. The van der Waals surface area contributed by atoms with E-state index in [1.165, 1.54) is 23.9 Å². The van der Waals surface area contributed by atoms with Gasteiger partial charge in [0.25, 0.3) is 0 Å². The summed E-state index contributed by atoms with van der Waals surface area (Å²) in [6.07, 6.45) is 3.71. The molecule has 132 valence electrons. The molecule has 1 amide bonds. The van der Waals surface area contributed by atoms with E-state index in [2.05, 4.69) is 10.3 Å². The Bertz CT molecular complexity index is 702. The van der Waals surface area contributed by atoms with Crippen molar-refractivity contribution in [2.24, 2.45) is 0 Å². The first-order valence-electron chi connectivity index (χ1n) is 8.03. The number of rotatable bonds is 6. The molecule has 0 radical (unpaired) electrons. The Morgan fingerprint density at radius 2 is 2.20 bits per heavy atom. The van der Waals surface area contributed by atoms with Gasteiger partial charge in [-0.3, -0.25) is 9.78 Å².